The summed E-state index contributed by atoms with van der Waals surface area (Å²) in [6.45, 7) is 4.00. The van der Waals surface area contributed by atoms with Gasteiger partial charge in [-0.2, -0.15) is 5.10 Å². The molecule has 16 heavy (non-hydrogen) atoms. The topological polar surface area (TPSA) is 57.0 Å². The van der Waals surface area contributed by atoms with Crippen molar-refractivity contribution in [3.63, 3.8) is 0 Å². The van der Waals surface area contributed by atoms with Crippen molar-refractivity contribution in [2.75, 3.05) is 0 Å². The van der Waals surface area contributed by atoms with Crippen molar-refractivity contribution in [3.8, 4) is 0 Å². The van der Waals surface area contributed by atoms with E-state index in [4.69, 9.17) is 10.2 Å². The van der Waals surface area contributed by atoms with Gasteiger partial charge in [-0.1, -0.05) is 6.92 Å². The maximum atomic E-state index is 6.13. The fourth-order valence-corrected chi connectivity index (χ4v) is 1.82. The second-order valence-corrected chi connectivity index (χ2v) is 3.95. The third kappa shape index (κ3) is 2.02. The number of hydrogen-bond acceptors (Lipinski definition) is 3. The highest BCUT2D eigenvalue weighted by Gasteiger charge is 2.23. The Kier molecular flexibility index (Phi) is 3.10. The van der Waals surface area contributed by atoms with Gasteiger partial charge >= 0.3 is 0 Å². The van der Waals surface area contributed by atoms with Gasteiger partial charge < -0.3 is 10.2 Å². The van der Waals surface area contributed by atoms with Crippen molar-refractivity contribution in [2.24, 2.45) is 5.73 Å². The minimum Gasteiger partial charge on any atom is -0.464 e. The maximum Gasteiger partial charge on any atom is 0.130 e. The molecule has 0 aliphatic rings. The van der Waals surface area contributed by atoms with Gasteiger partial charge in [0.1, 0.15) is 17.6 Å². The van der Waals surface area contributed by atoms with Gasteiger partial charge in [-0.05, 0) is 31.5 Å². The van der Waals surface area contributed by atoms with Crippen LogP contribution in [-0.4, -0.2) is 15.8 Å². The molecule has 0 bridgehead atoms. The molecule has 2 atom stereocenters. The molecule has 4 heteroatoms. The molecule has 2 aromatic rings. The van der Waals surface area contributed by atoms with Crippen molar-refractivity contribution >= 4 is 0 Å². The van der Waals surface area contributed by atoms with Crippen molar-refractivity contribution in [1.29, 1.82) is 0 Å². The Labute approximate surface area is 95.1 Å². The molecule has 0 aliphatic carbocycles. The molecule has 0 saturated carbocycles. The Morgan fingerprint density at radius 1 is 1.50 bits per heavy atom. The van der Waals surface area contributed by atoms with E-state index in [2.05, 4.69) is 12.0 Å². The Hall–Kier alpha value is -1.55. The first kappa shape index (κ1) is 11.0. The second-order valence-electron chi connectivity index (χ2n) is 3.95. The lowest BCUT2D eigenvalue weighted by molar-refractivity contribution is 0.345. The molecule has 4 nitrogen and oxygen atoms in total. The van der Waals surface area contributed by atoms with Crippen molar-refractivity contribution < 1.29 is 4.42 Å². The van der Waals surface area contributed by atoms with Gasteiger partial charge in [-0.15, -0.1) is 0 Å². The van der Waals surface area contributed by atoms with Crippen LogP contribution in [0.4, 0.5) is 0 Å². The number of nitrogens with zero attached hydrogens (tertiary/aromatic N) is 2. The van der Waals surface area contributed by atoms with E-state index in [9.17, 15) is 0 Å². The van der Waals surface area contributed by atoms with Gasteiger partial charge in [-0.25, -0.2) is 0 Å². The number of rotatable bonds is 4. The standard InChI is InChI=1S/C12H17N3O/c1-3-10(13)12(15-8-4-7-14-15)11-6-5-9(2)16-11/h4-8,10,12H,3,13H2,1-2H3. The molecule has 2 N–H and O–H groups in total. The third-order valence-electron chi connectivity index (χ3n) is 2.74. The molecule has 2 heterocycles. The summed E-state index contributed by atoms with van der Waals surface area (Å²) < 4.78 is 7.51. The normalized spacial score (nSPS) is 14.9. The summed E-state index contributed by atoms with van der Waals surface area (Å²) in [5, 5.41) is 4.25. The van der Waals surface area contributed by atoms with E-state index in [1.807, 2.05) is 36.0 Å². The highest BCUT2D eigenvalue weighted by atomic mass is 16.3. The van der Waals surface area contributed by atoms with E-state index in [1.54, 1.807) is 6.20 Å². The zero-order valence-corrected chi connectivity index (χ0v) is 9.63. The number of furan rings is 1. The maximum absolute atomic E-state index is 6.13. The van der Waals surface area contributed by atoms with E-state index in [-0.39, 0.29) is 12.1 Å². The lowest BCUT2D eigenvalue weighted by Crippen LogP contribution is -2.32. The van der Waals surface area contributed by atoms with Crippen LogP contribution in [0.25, 0.3) is 0 Å². The second kappa shape index (κ2) is 4.53. The van der Waals surface area contributed by atoms with Crippen molar-refractivity contribution in [2.45, 2.75) is 32.4 Å². The summed E-state index contributed by atoms with van der Waals surface area (Å²) in [7, 11) is 0. The van der Waals surface area contributed by atoms with Crippen LogP contribution in [0.3, 0.4) is 0 Å². The fraction of sp³-hybridized carbons (Fsp3) is 0.417. The van der Waals surface area contributed by atoms with Crippen LogP contribution < -0.4 is 5.73 Å². The van der Waals surface area contributed by atoms with Gasteiger partial charge in [0, 0.05) is 18.4 Å². The monoisotopic (exact) mass is 219 g/mol. The fourth-order valence-electron chi connectivity index (χ4n) is 1.82. The number of aryl methyl sites for hydroxylation is 1. The quantitative estimate of drug-likeness (QED) is 0.856. The first-order chi connectivity index (χ1) is 7.72. The summed E-state index contributed by atoms with van der Waals surface area (Å²) in [5.41, 5.74) is 6.13. The first-order valence-electron chi connectivity index (χ1n) is 5.53. The number of hydrogen-bond donors (Lipinski definition) is 1. The molecular formula is C12H17N3O. The average Bonchev–Trinajstić information content (AvgIpc) is 2.91. The minimum atomic E-state index is -0.0197. The minimum absolute atomic E-state index is 0.00505. The van der Waals surface area contributed by atoms with E-state index < -0.39 is 0 Å². The smallest absolute Gasteiger partial charge is 0.130 e. The molecule has 0 radical (unpaired) electrons. The Balaban J connectivity index is 2.35. The van der Waals surface area contributed by atoms with E-state index in [1.165, 1.54) is 0 Å². The van der Waals surface area contributed by atoms with Crippen LogP contribution in [0.5, 0.6) is 0 Å². The third-order valence-corrected chi connectivity index (χ3v) is 2.74. The molecule has 0 amide bonds. The molecule has 0 aromatic carbocycles. The molecule has 0 saturated heterocycles. The Morgan fingerprint density at radius 2 is 2.31 bits per heavy atom. The highest BCUT2D eigenvalue weighted by Crippen LogP contribution is 2.23. The summed E-state index contributed by atoms with van der Waals surface area (Å²) >= 11 is 0. The van der Waals surface area contributed by atoms with Crippen LogP contribution in [0.15, 0.2) is 35.0 Å². The van der Waals surface area contributed by atoms with E-state index >= 15 is 0 Å². The molecule has 0 spiro atoms. The van der Waals surface area contributed by atoms with Crippen LogP contribution in [0.2, 0.25) is 0 Å². The molecule has 86 valence electrons. The summed E-state index contributed by atoms with van der Waals surface area (Å²) in [4.78, 5) is 0. The Morgan fingerprint density at radius 3 is 2.81 bits per heavy atom. The largest absolute Gasteiger partial charge is 0.464 e. The summed E-state index contributed by atoms with van der Waals surface area (Å²) in [6, 6.07) is 5.80. The van der Waals surface area contributed by atoms with Crippen molar-refractivity contribution in [3.05, 3.63) is 42.1 Å². The number of aromatic nitrogens is 2. The molecule has 0 aliphatic heterocycles. The van der Waals surface area contributed by atoms with Crippen LogP contribution >= 0.6 is 0 Å². The molecule has 0 fully saturated rings. The van der Waals surface area contributed by atoms with E-state index in [0.717, 1.165) is 17.9 Å². The predicted octanol–water partition coefficient (Wildman–Crippen LogP) is 2.11. The molecule has 2 unspecified atom stereocenters. The molecule has 2 aromatic heterocycles. The Bertz CT molecular complexity index is 433. The summed E-state index contributed by atoms with van der Waals surface area (Å²) in [5.74, 6) is 1.77. The van der Waals surface area contributed by atoms with Crippen molar-refractivity contribution in [1.82, 2.24) is 9.78 Å². The predicted molar refractivity (Wildman–Crippen MR) is 62.1 cm³/mol. The highest BCUT2D eigenvalue weighted by molar-refractivity contribution is 5.13. The zero-order valence-electron chi connectivity index (χ0n) is 9.63. The lowest BCUT2D eigenvalue weighted by atomic mass is 10.0. The zero-order chi connectivity index (χ0) is 11.5. The van der Waals surface area contributed by atoms with Gasteiger partial charge in [0.05, 0.1) is 0 Å². The first-order valence-corrected chi connectivity index (χ1v) is 5.53. The van der Waals surface area contributed by atoms with E-state index in [0.29, 0.717) is 0 Å². The van der Waals surface area contributed by atoms with Crippen LogP contribution in [-0.2, 0) is 0 Å². The molecular weight excluding hydrogens is 202 g/mol. The molecule has 2 rings (SSSR count). The van der Waals surface area contributed by atoms with Gasteiger partial charge in [-0.3, -0.25) is 4.68 Å². The average molecular weight is 219 g/mol. The van der Waals surface area contributed by atoms with Gasteiger partial charge in [0.25, 0.3) is 0 Å². The van der Waals surface area contributed by atoms with Crippen LogP contribution in [0, 0.1) is 6.92 Å². The van der Waals surface area contributed by atoms with Gasteiger partial charge in [0.2, 0.25) is 0 Å². The van der Waals surface area contributed by atoms with Crippen LogP contribution in [0.1, 0.15) is 30.9 Å². The summed E-state index contributed by atoms with van der Waals surface area (Å²) in [6.07, 6.45) is 4.55. The SMILES string of the molecule is CCC(N)C(c1ccc(C)o1)n1cccn1. The van der Waals surface area contributed by atoms with Gasteiger partial charge in [0.15, 0.2) is 0 Å². The number of nitrogens with two attached hydrogens (primary N) is 1. The lowest BCUT2D eigenvalue weighted by Gasteiger charge is -2.21.